The molecular weight excluding hydrogens is 260 g/mol. The number of carboxylic acids is 1. The lowest BCUT2D eigenvalue weighted by Crippen LogP contribution is -2.31. The van der Waals surface area contributed by atoms with E-state index < -0.39 is 5.97 Å². The predicted molar refractivity (Wildman–Crippen MR) is 72.6 cm³/mol. The van der Waals surface area contributed by atoms with Crippen LogP contribution in [0, 0.1) is 5.92 Å². The van der Waals surface area contributed by atoms with Crippen molar-refractivity contribution in [3.05, 3.63) is 24.0 Å². The zero-order valence-corrected chi connectivity index (χ0v) is 11.6. The minimum atomic E-state index is -0.798. The second kappa shape index (κ2) is 6.56. The molecule has 0 spiro atoms. The number of likely N-dealkylation sites (tertiary alicyclic amines) is 1. The summed E-state index contributed by atoms with van der Waals surface area (Å²) in [4.78, 5) is 24.9. The Morgan fingerprint density at radius 2 is 2.30 bits per heavy atom. The summed E-state index contributed by atoms with van der Waals surface area (Å²) >= 11 is 0. The van der Waals surface area contributed by atoms with Gasteiger partial charge in [0.2, 0.25) is 0 Å². The molecule has 1 aliphatic heterocycles. The molecule has 0 aliphatic carbocycles. The van der Waals surface area contributed by atoms with E-state index in [-0.39, 0.29) is 18.2 Å². The molecule has 2 heterocycles. The molecule has 0 aromatic carbocycles. The fourth-order valence-electron chi connectivity index (χ4n) is 2.59. The molecule has 1 atom stereocenters. The quantitative estimate of drug-likeness (QED) is 0.846. The van der Waals surface area contributed by atoms with Crippen molar-refractivity contribution in [1.29, 1.82) is 0 Å². The lowest BCUT2D eigenvalue weighted by molar-refractivity contribution is -0.138. The van der Waals surface area contributed by atoms with Crippen LogP contribution in [-0.2, 0) is 16.1 Å². The Kier molecular flexibility index (Phi) is 4.79. The highest BCUT2D eigenvalue weighted by Gasteiger charge is 2.29. The first-order valence-corrected chi connectivity index (χ1v) is 6.77. The van der Waals surface area contributed by atoms with Crippen LogP contribution < -0.4 is 0 Å². The maximum absolute atomic E-state index is 12.4. The first-order valence-electron chi connectivity index (χ1n) is 6.77. The van der Waals surface area contributed by atoms with Gasteiger partial charge in [0.05, 0.1) is 6.61 Å². The van der Waals surface area contributed by atoms with Crippen molar-refractivity contribution in [1.82, 2.24) is 9.47 Å². The van der Waals surface area contributed by atoms with Gasteiger partial charge in [-0.1, -0.05) is 0 Å². The molecule has 0 radical (unpaired) electrons. The van der Waals surface area contributed by atoms with Crippen molar-refractivity contribution in [2.75, 3.05) is 26.8 Å². The van der Waals surface area contributed by atoms with Crippen molar-refractivity contribution in [3.8, 4) is 0 Å². The number of ether oxygens (including phenoxy) is 1. The third-order valence-electron chi connectivity index (χ3n) is 3.62. The first-order chi connectivity index (χ1) is 9.61. The van der Waals surface area contributed by atoms with Gasteiger partial charge in [-0.3, -0.25) is 9.59 Å². The summed E-state index contributed by atoms with van der Waals surface area (Å²) in [7, 11) is 1.63. The maximum atomic E-state index is 12.4. The van der Waals surface area contributed by atoms with Gasteiger partial charge in [-0.05, 0) is 24.5 Å². The van der Waals surface area contributed by atoms with Gasteiger partial charge in [0.25, 0.3) is 5.91 Å². The molecule has 20 heavy (non-hydrogen) atoms. The molecule has 0 saturated carbocycles. The van der Waals surface area contributed by atoms with Gasteiger partial charge in [0.15, 0.2) is 0 Å². The average molecular weight is 280 g/mol. The predicted octanol–water partition coefficient (Wildman–Crippen LogP) is 1.07. The molecule has 110 valence electrons. The Morgan fingerprint density at radius 1 is 1.50 bits per heavy atom. The van der Waals surface area contributed by atoms with Gasteiger partial charge in [-0.15, -0.1) is 0 Å². The zero-order valence-electron chi connectivity index (χ0n) is 11.6. The molecule has 1 amide bonds. The number of aliphatic carboxylic acids is 1. The fraction of sp³-hybridized carbons (Fsp3) is 0.571. The van der Waals surface area contributed by atoms with E-state index in [1.54, 1.807) is 18.1 Å². The van der Waals surface area contributed by atoms with Crippen molar-refractivity contribution in [2.45, 2.75) is 19.4 Å². The molecule has 1 unspecified atom stereocenters. The normalized spacial score (nSPS) is 18.4. The molecule has 1 aliphatic rings. The highest BCUT2D eigenvalue weighted by molar-refractivity contribution is 5.93. The summed E-state index contributed by atoms with van der Waals surface area (Å²) in [6, 6.07) is 3.64. The van der Waals surface area contributed by atoms with E-state index in [1.807, 2.05) is 16.8 Å². The standard InChI is InChI=1S/C14H20N2O4/c1-20-8-7-15-5-2-3-12(15)14(19)16-6-4-11(10-16)9-13(17)18/h2-3,5,11H,4,6-10H2,1H3,(H,17,18). The minimum absolute atomic E-state index is 0.0287. The Balaban J connectivity index is 1.98. The van der Waals surface area contributed by atoms with Gasteiger partial charge in [-0.2, -0.15) is 0 Å². The Hall–Kier alpha value is -1.82. The second-order valence-corrected chi connectivity index (χ2v) is 5.08. The smallest absolute Gasteiger partial charge is 0.303 e. The van der Waals surface area contributed by atoms with Crippen LogP contribution >= 0.6 is 0 Å². The zero-order chi connectivity index (χ0) is 14.5. The summed E-state index contributed by atoms with van der Waals surface area (Å²) in [6.45, 7) is 2.35. The van der Waals surface area contributed by atoms with Crippen LogP contribution in [-0.4, -0.2) is 53.3 Å². The number of aromatic nitrogens is 1. The number of rotatable bonds is 6. The molecule has 1 N–H and O–H groups in total. The summed E-state index contributed by atoms with van der Waals surface area (Å²) in [5.74, 6) is -0.759. The van der Waals surface area contributed by atoms with Crippen LogP contribution in [0.25, 0.3) is 0 Å². The number of nitrogens with zero attached hydrogens (tertiary/aromatic N) is 2. The third kappa shape index (κ3) is 3.39. The lowest BCUT2D eigenvalue weighted by atomic mass is 10.1. The number of hydrogen-bond acceptors (Lipinski definition) is 3. The van der Waals surface area contributed by atoms with Crippen molar-refractivity contribution in [3.63, 3.8) is 0 Å². The summed E-state index contributed by atoms with van der Waals surface area (Å²) in [5.41, 5.74) is 0.637. The van der Waals surface area contributed by atoms with Crippen molar-refractivity contribution >= 4 is 11.9 Å². The van der Waals surface area contributed by atoms with Crippen LogP contribution in [0.5, 0.6) is 0 Å². The molecule has 6 heteroatoms. The Labute approximate surface area is 117 Å². The van der Waals surface area contributed by atoms with Gasteiger partial charge in [0.1, 0.15) is 5.69 Å². The Bertz CT molecular complexity index is 483. The monoisotopic (exact) mass is 280 g/mol. The third-order valence-corrected chi connectivity index (χ3v) is 3.62. The number of carbonyl (C=O) groups is 2. The fourth-order valence-corrected chi connectivity index (χ4v) is 2.59. The molecule has 1 fully saturated rings. The van der Waals surface area contributed by atoms with Crippen molar-refractivity contribution in [2.24, 2.45) is 5.92 Å². The molecule has 1 saturated heterocycles. The van der Waals surface area contributed by atoms with Gasteiger partial charge in [0, 0.05) is 39.4 Å². The van der Waals surface area contributed by atoms with E-state index >= 15 is 0 Å². The summed E-state index contributed by atoms with van der Waals surface area (Å²) < 4.78 is 6.90. The van der Waals surface area contributed by atoms with E-state index in [4.69, 9.17) is 9.84 Å². The molecule has 0 bridgehead atoms. The summed E-state index contributed by atoms with van der Waals surface area (Å²) in [5, 5.41) is 8.80. The van der Waals surface area contributed by atoms with E-state index in [1.165, 1.54) is 0 Å². The molecule has 1 aromatic rings. The first kappa shape index (κ1) is 14.6. The van der Waals surface area contributed by atoms with Crippen LogP contribution in [0.1, 0.15) is 23.3 Å². The molecular formula is C14H20N2O4. The number of amides is 1. The number of carbonyl (C=O) groups excluding carboxylic acids is 1. The van der Waals surface area contributed by atoms with E-state index in [0.29, 0.717) is 31.9 Å². The highest BCUT2D eigenvalue weighted by atomic mass is 16.5. The van der Waals surface area contributed by atoms with Crippen LogP contribution in [0.4, 0.5) is 0 Å². The molecule has 6 nitrogen and oxygen atoms in total. The van der Waals surface area contributed by atoms with Crippen LogP contribution in [0.15, 0.2) is 18.3 Å². The Morgan fingerprint density at radius 3 is 3.00 bits per heavy atom. The lowest BCUT2D eigenvalue weighted by Gasteiger charge is -2.17. The SMILES string of the molecule is COCCn1cccc1C(=O)N1CCC(CC(=O)O)C1. The molecule has 1 aromatic heterocycles. The van der Waals surface area contributed by atoms with Crippen LogP contribution in [0.2, 0.25) is 0 Å². The highest BCUT2D eigenvalue weighted by Crippen LogP contribution is 2.21. The maximum Gasteiger partial charge on any atom is 0.303 e. The number of hydrogen-bond donors (Lipinski definition) is 1. The average Bonchev–Trinajstić information content (AvgIpc) is 3.03. The molecule has 2 rings (SSSR count). The number of methoxy groups -OCH3 is 1. The van der Waals surface area contributed by atoms with E-state index in [9.17, 15) is 9.59 Å². The van der Waals surface area contributed by atoms with Gasteiger partial charge in [-0.25, -0.2) is 0 Å². The van der Waals surface area contributed by atoms with Gasteiger partial charge < -0.3 is 19.3 Å². The minimum Gasteiger partial charge on any atom is -0.481 e. The van der Waals surface area contributed by atoms with Crippen LogP contribution in [0.3, 0.4) is 0 Å². The van der Waals surface area contributed by atoms with E-state index in [0.717, 1.165) is 6.42 Å². The van der Waals surface area contributed by atoms with E-state index in [2.05, 4.69) is 0 Å². The van der Waals surface area contributed by atoms with Gasteiger partial charge >= 0.3 is 5.97 Å². The topological polar surface area (TPSA) is 71.8 Å². The largest absolute Gasteiger partial charge is 0.481 e. The van der Waals surface area contributed by atoms with Crippen molar-refractivity contribution < 1.29 is 19.4 Å². The second-order valence-electron chi connectivity index (χ2n) is 5.08. The summed E-state index contributed by atoms with van der Waals surface area (Å²) in [6.07, 6.45) is 2.75. The number of carboxylic acid groups (broad SMARTS) is 1.